The van der Waals surface area contributed by atoms with Crippen molar-refractivity contribution in [2.75, 3.05) is 25.1 Å². The fourth-order valence-electron chi connectivity index (χ4n) is 4.03. The van der Waals surface area contributed by atoms with Crippen molar-refractivity contribution in [3.8, 4) is 0 Å². The van der Waals surface area contributed by atoms with E-state index in [9.17, 15) is 0 Å². The van der Waals surface area contributed by atoms with Gasteiger partial charge >= 0.3 is 0 Å². The summed E-state index contributed by atoms with van der Waals surface area (Å²) in [5, 5.41) is 5.69. The Labute approximate surface area is 186 Å². The molecule has 0 bridgehead atoms. The number of nitrogen functional groups attached to an aromatic ring is 1. The molecule has 0 amide bonds. The molecule has 0 unspecified atom stereocenters. The number of anilines is 2. The zero-order valence-corrected chi connectivity index (χ0v) is 18.3. The number of nitrogens with one attached hydrogen (secondary N) is 3. The Morgan fingerprint density at radius 3 is 2.62 bits per heavy atom. The number of benzene rings is 2. The summed E-state index contributed by atoms with van der Waals surface area (Å²) < 4.78 is 0. The maximum absolute atomic E-state index is 6.24. The van der Waals surface area contributed by atoms with Gasteiger partial charge in [-0.15, -0.1) is 0 Å². The molecule has 0 radical (unpaired) electrons. The predicted octanol–water partition coefficient (Wildman–Crippen LogP) is 4.29. The number of aromatic amines is 2. The molecule has 3 aromatic heterocycles. The Hall–Kier alpha value is -3.84. The van der Waals surface area contributed by atoms with Crippen LogP contribution in [0.15, 0.2) is 60.9 Å². The summed E-state index contributed by atoms with van der Waals surface area (Å²) >= 11 is 0. The highest BCUT2D eigenvalue weighted by molar-refractivity contribution is 5.81. The van der Waals surface area contributed by atoms with Crippen molar-refractivity contribution in [2.24, 2.45) is 0 Å². The van der Waals surface area contributed by atoms with Crippen LogP contribution in [0, 0.1) is 0 Å². The van der Waals surface area contributed by atoms with Crippen molar-refractivity contribution in [3.05, 3.63) is 83.3 Å². The molecule has 2 aromatic carbocycles. The average Bonchev–Trinajstić information content (AvgIpc) is 3.38. The standard InChI is InChI=1S/C25H27N7/c1-32(2)15-21-12-19-11-17(4-6-23(19)30-21)13-28-25-29-14-20(24(26)31-25)10-16-3-5-22-18(9-16)7-8-27-22/h3-9,11-12,14,27,30H,10,13,15H2,1-2H3,(H3,26,28,29,31). The van der Waals surface area contributed by atoms with Crippen molar-refractivity contribution >= 4 is 33.6 Å². The van der Waals surface area contributed by atoms with E-state index in [1.165, 1.54) is 27.6 Å². The quantitative estimate of drug-likeness (QED) is 0.312. The molecular weight excluding hydrogens is 398 g/mol. The molecule has 5 rings (SSSR count). The fourth-order valence-corrected chi connectivity index (χ4v) is 4.03. The van der Waals surface area contributed by atoms with E-state index in [1.54, 1.807) is 0 Å². The monoisotopic (exact) mass is 425 g/mol. The Kier molecular flexibility index (Phi) is 5.25. The van der Waals surface area contributed by atoms with E-state index in [2.05, 4.69) is 92.8 Å². The van der Waals surface area contributed by atoms with Crippen molar-refractivity contribution in [1.29, 1.82) is 0 Å². The van der Waals surface area contributed by atoms with Crippen LogP contribution >= 0.6 is 0 Å². The first-order chi connectivity index (χ1) is 15.5. The maximum Gasteiger partial charge on any atom is 0.224 e. The topological polar surface area (TPSA) is 98.7 Å². The van der Waals surface area contributed by atoms with Crippen molar-refractivity contribution in [2.45, 2.75) is 19.5 Å². The Morgan fingerprint density at radius 2 is 1.78 bits per heavy atom. The molecule has 5 aromatic rings. The van der Waals surface area contributed by atoms with Crippen LogP contribution in [-0.4, -0.2) is 38.9 Å². The van der Waals surface area contributed by atoms with Crippen LogP contribution in [0.2, 0.25) is 0 Å². The van der Waals surface area contributed by atoms with Crippen LogP contribution in [0.1, 0.15) is 22.4 Å². The number of H-pyrrole nitrogens is 2. The second-order valence-electron chi connectivity index (χ2n) is 8.49. The lowest BCUT2D eigenvalue weighted by Crippen LogP contribution is -2.10. The molecule has 0 aliphatic rings. The summed E-state index contributed by atoms with van der Waals surface area (Å²) in [5.74, 6) is 1.04. The third-order valence-corrected chi connectivity index (χ3v) is 5.59. The molecule has 0 aliphatic heterocycles. The molecule has 0 spiro atoms. The summed E-state index contributed by atoms with van der Waals surface area (Å²) in [7, 11) is 4.14. The van der Waals surface area contributed by atoms with Gasteiger partial charge in [0, 0.05) is 59.6 Å². The highest BCUT2D eigenvalue weighted by Gasteiger charge is 2.08. The van der Waals surface area contributed by atoms with Gasteiger partial charge in [-0.05, 0) is 67.0 Å². The zero-order valence-electron chi connectivity index (χ0n) is 18.3. The lowest BCUT2D eigenvalue weighted by Gasteiger charge is -2.09. The smallest absolute Gasteiger partial charge is 0.224 e. The highest BCUT2D eigenvalue weighted by atomic mass is 15.1. The van der Waals surface area contributed by atoms with E-state index in [-0.39, 0.29) is 0 Å². The van der Waals surface area contributed by atoms with E-state index < -0.39 is 0 Å². The maximum atomic E-state index is 6.24. The summed E-state index contributed by atoms with van der Waals surface area (Å²) in [5.41, 5.74) is 13.0. The summed E-state index contributed by atoms with van der Waals surface area (Å²) in [6.45, 7) is 1.52. The van der Waals surface area contributed by atoms with Crippen molar-refractivity contribution in [1.82, 2.24) is 24.8 Å². The summed E-state index contributed by atoms with van der Waals surface area (Å²) in [6, 6.07) is 17.0. The molecule has 0 saturated heterocycles. The fraction of sp³-hybridized carbons (Fsp3) is 0.200. The third kappa shape index (κ3) is 4.29. The molecule has 162 valence electrons. The number of nitrogens with zero attached hydrogens (tertiary/aromatic N) is 3. The Morgan fingerprint density at radius 1 is 0.969 bits per heavy atom. The Balaban J connectivity index is 1.26. The molecule has 7 heteroatoms. The third-order valence-electron chi connectivity index (χ3n) is 5.59. The van der Waals surface area contributed by atoms with Crippen LogP contribution < -0.4 is 11.1 Å². The zero-order chi connectivity index (χ0) is 22.1. The summed E-state index contributed by atoms with van der Waals surface area (Å²) in [6.07, 6.45) is 4.46. The molecule has 0 fully saturated rings. The highest BCUT2D eigenvalue weighted by Crippen LogP contribution is 2.21. The molecule has 3 heterocycles. The molecule has 0 atom stereocenters. The molecule has 0 saturated carbocycles. The minimum atomic E-state index is 0.506. The van der Waals surface area contributed by atoms with Crippen LogP contribution in [-0.2, 0) is 19.5 Å². The Bertz CT molecular complexity index is 1380. The van der Waals surface area contributed by atoms with Gasteiger partial charge < -0.3 is 25.9 Å². The molecular formula is C25H27N7. The molecule has 0 aliphatic carbocycles. The molecule has 5 N–H and O–H groups in total. The van der Waals surface area contributed by atoms with Crippen LogP contribution in [0.25, 0.3) is 21.8 Å². The van der Waals surface area contributed by atoms with Gasteiger partial charge in [0.15, 0.2) is 0 Å². The van der Waals surface area contributed by atoms with Gasteiger partial charge in [-0.25, -0.2) is 4.98 Å². The second kappa shape index (κ2) is 8.36. The van der Waals surface area contributed by atoms with Gasteiger partial charge in [0.1, 0.15) is 5.82 Å². The predicted molar refractivity (Wildman–Crippen MR) is 131 cm³/mol. The summed E-state index contributed by atoms with van der Waals surface area (Å²) in [4.78, 5) is 17.8. The van der Waals surface area contributed by atoms with Gasteiger partial charge in [0.05, 0.1) is 0 Å². The number of rotatable bonds is 7. The molecule has 32 heavy (non-hydrogen) atoms. The van der Waals surface area contributed by atoms with Gasteiger partial charge in [-0.2, -0.15) is 4.98 Å². The van der Waals surface area contributed by atoms with E-state index in [0.717, 1.165) is 23.1 Å². The number of aromatic nitrogens is 4. The van der Waals surface area contributed by atoms with Crippen molar-refractivity contribution < 1.29 is 0 Å². The van der Waals surface area contributed by atoms with E-state index in [4.69, 9.17) is 5.73 Å². The lowest BCUT2D eigenvalue weighted by molar-refractivity contribution is 0.398. The van der Waals surface area contributed by atoms with Crippen LogP contribution in [0.4, 0.5) is 11.8 Å². The minimum absolute atomic E-state index is 0.506. The number of hydrogen-bond acceptors (Lipinski definition) is 5. The first-order valence-electron chi connectivity index (χ1n) is 10.7. The van der Waals surface area contributed by atoms with E-state index >= 15 is 0 Å². The molecule has 7 nitrogen and oxygen atoms in total. The van der Waals surface area contributed by atoms with Gasteiger partial charge in [-0.1, -0.05) is 12.1 Å². The number of nitrogens with two attached hydrogens (primary N) is 1. The second-order valence-corrected chi connectivity index (χ2v) is 8.49. The van der Waals surface area contributed by atoms with Gasteiger partial charge in [-0.3, -0.25) is 0 Å². The van der Waals surface area contributed by atoms with Gasteiger partial charge in [0.2, 0.25) is 5.95 Å². The van der Waals surface area contributed by atoms with Crippen molar-refractivity contribution in [3.63, 3.8) is 0 Å². The first kappa shape index (κ1) is 20.1. The SMILES string of the molecule is CN(C)Cc1cc2cc(CNc3ncc(Cc4ccc5[nH]ccc5c4)c(N)n3)ccc2[nH]1. The largest absolute Gasteiger partial charge is 0.383 e. The van der Waals surface area contributed by atoms with Crippen LogP contribution in [0.3, 0.4) is 0 Å². The van der Waals surface area contributed by atoms with Gasteiger partial charge in [0.25, 0.3) is 0 Å². The minimum Gasteiger partial charge on any atom is -0.383 e. The number of hydrogen-bond donors (Lipinski definition) is 4. The van der Waals surface area contributed by atoms with E-state index in [0.29, 0.717) is 24.7 Å². The average molecular weight is 426 g/mol. The van der Waals surface area contributed by atoms with E-state index in [1.807, 2.05) is 12.4 Å². The number of fused-ring (bicyclic) bond motifs is 2. The van der Waals surface area contributed by atoms with Crippen LogP contribution in [0.5, 0.6) is 0 Å². The first-order valence-corrected chi connectivity index (χ1v) is 10.7. The normalized spacial score (nSPS) is 11.6. The lowest BCUT2D eigenvalue weighted by atomic mass is 10.1.